The van der Waals surface area contributed by atoms with Gasteiger partial charge in [-0.25, -0.2) is 14.0 Å². The fourth-order valence-electron chi connectivity index (χ4n) is 2.20. The minimum atomic E-state index is -0.721. The van der Waals surface area contributed by atoms with Crippen LogP contribution in [0.3, 0.4) is 0 Å². The lowest BCUT2D eigenvalue weighted by Crippen LogP contribution is -2.44. The molecule has 0 bridgehead atoms. The Bertz CT molecular complexity index is 697. The Hall–Kier alpha value is -2.83. The number of carbonyl (C=O) groups is 2. The summed E-state index contributed by atoms with van der Waals surface area (Å²) < 4.78 is 19.4. The number of rotatable bonds is 6. The topological polar surface area (TPSA) is 72.4 Å². The molecule has 0 saturated heterocycles. The summed E-state index contributed by atoms with van der Waals surface area (Å²) in [6.07, 6.45) is 1.88. The molecular weight excluding hydrogens is 313 g/mol. The number of carbonyl (C=O) groups excluding carboxylic acids is 2. The van der Waals surface area contributed by atoms with Gasteiger partial charge in [0.1, 0.15) is 11.9 Å². The lowest BCUT2D eigenvalue weighted by molar-refractivity contribution is -0.142. The molecule has 2 aromatic rings. The van der Waals surface area contributed by atoms with E-state index in [1.54, 1.807) is 19.1 Å². The molecule has 0 spiro atoms. The van der Waals surface area contributed by atoms with Gasteiger partial charge >= 0.3 is 12.0 Å². The largest absolute Gasteiger partial charge is 0.467 e. The number of halogens is 1. The Labute approximate surface area is 139 Å². The van der Waals surface area contributed by atoms with Gasteiger partial charge in [-0.3, -0.25) is 0 Å². The quantitative estimate of drug-likeness (QED) is 0.795. The Balaban J connectivity index is 1.90. The number of nitrogens with one attached hydrogen (secondary N) is 2. The molecule has 0 radical (unpaired) electrons. The molecule has 128 valence electrons. The van der Waals surface area contributed by atoms with E-state index < -0.39 is 18.0 Å². The average Bonchev–Trinajstić information content (AvgIpc) is 3.01. The minimum Gasteiger partial charge on any atom is -0.467 e. The van der Waals surface area contributed by atoms with Crippen molar-refractivity contribution in [2.45, 2.75) is 26.1 Å². The van der Waals surface area contributed by atoms with E-state index in [9.17, 15) is 14.0 Å². The summed E-state index contributed by atoms with van der Waals surface area (Å²) in [7, 11) is 1.26. The highest BCUT2D eigenvalue weighted by Crippen LogP contribution is 2.09. The van der Waals surface area contributed by atoms with Crippen molar-refractivity contribution < 1.29 is 18.7 Å². The number of hydrogen-bond donors (Lipinski definition) is 2. The summed E-state index contributed by atoms with van der Waals surface area (Å²) in [6.45, 7) is 2.42. The van der Waals surface area contributed by atoms with Gasteiger partial charge in [0.25, 0.3) is 0 Å². The number of nitrogens with zero attached hydrogens (tertiary/aromatic N) is 1. The molecule has 2 N–H and O–H groups in total. The van der Waals surface area contributed by atoms with Crippen molar-refractivity contribution in [2.24, 2.45) is 0 Å². The summed E-state index contributed by atoms with van der Waals surface area (Å²) >= 11 is 0. The van der Waals surface area contributed by atoms with Crippen LogP contribution in [0, 0.1) is 5.82 Å². The second-order valence-electron chi connectivity index (χ2n) is 5.33. The number of urea groups is 1. The highest BCUT2D eigenvalue weighted by Gasteiger charge is 2.15. The van der Waals surface area contributed by atoms with Gasteiger partial charge in [-0.05, 0) is 36.8 Å². The van der Waals surface area contributed by atoms with E-state index in [-0.39, 0.29) is 5.82 Å². The molecule has 1 heterocycles. The van der Waals surface area contributed by atoms with Crippen LogP contribution in [0.1, 0.15) is 18.2 Å². The van der Waals surface area contributed by atoms with Crippen molar-refractivity contribution in [3.05, 3.63) is 59.7 Å². The second kappa shape index (κ2) is 8.14. The highest BCUT2D eigenvalue weighted by atomic mass is 19.1. The summed E-state index contributed by atoms with van der Waals surface area (Å²) in [5.74, 6) is -0.783. The first-order valence-corrected chi connectivity index (χ1v) is 7.50. The Morgan fingerprint density at radius 2 is 1.96 bits per heavy atom. The monoisotopic (exact) mass is 333 g/mol. The van der Waals surface area contributed by atoms with Crippen molar-refractivity contribution in [1.29, 1.82) is 0 Å². The lowest BCUT2D eigenvalue weighted by atomic mass is 10.2. The van der Waals surface area contributed by atoms with Crippen molar-refractivity contribution in [1.82, 2.24) is 15.2 Å². The van der Waals surface area contributed by atoms with E-state index in [0.717, 1.165) is 11.3 Å². The fourth-order valence-corrected chi connectivity index (χ4v) is 2.20. The maximum atomic E-state index is 12.9. The smallest absolute Gasteiger partial charge is 0.328 e. The van der Waals surface area contributed by atoms with Crippen LogP contribution in [0.15, 0.2) is 42.6 Å². The van der Waals surface area contributed by atoms with Crippen molar-refractivity contribution >= 4 is 12.0 Å². The molecule has 1 atom stereocenters. The molecule has 0 saturated carbocycles. The molecule has 24 heavy (non-hydrogen) atoms. The first-order valence-electron chi connectivity index (χ1n) is 7.50. The van der Waals surface area contributed by atoms with Gasteiger partial charge in [0.05, 0.1) is 13.7 Å². The van der Waals surface area contributed by atoms with Crippen LogP contribution >= 0.6 is 0 Å². The van der Waals surface area contributed by atoms with Crippen LogP contribution < -0.4 is 10.6 Å². The molecule has 0 aliphatic heterocycles. The predicted octanol–water partition coefficient (Wildman–Crippen LogP) is 2.04. The average molecular weight is 333 g/mol. The maximum Gasteiger partial charge on any atom is 0.328 e. The number of benzene rings is 1. The Morgan fingerprint density at radius 3 is 2.62 bits per heavy atom. The van der Waals surface area contributed by atoms with Gasteiger partial charge < -0.3 is 19.9 Å². The molecule has 0 unspecified atom stereocenters. The number of aromatic nitrogens is 1. The zero-order chi connectivity index (χ0) is 17.5. The van der Waals surface area contributed by atoms with Crippen LogP contribution in [0.25, 0.3) is 0 Å². The summed E-state index contributed by atoms with van der Waals surface area (Å²) in [4.78, 5) is 23.1. The standard InChI is InChI=1S/C17H20FN3O3/c1-12(16(22)24-2)20-17(23)19-10-15-4-3-9-21(15)11-13-5-7-14(18)8-6-13/h3-9,12H,10-11H2,1-2H3,(H2,19,20,23)/t12-/m0/s1. The number of hydrogen-bond acceptors (Lipinski definition) is 3. The molecular formula is C17H20FN3O3. The minimum absolute atomic E-state index is 0.274. The van der Waals surface area contributed by atoms with Crippen molar-refractivity contribution in [3.8, 4) is 0 Å². The molecule has 1 aromatic carbocycles. The highest BCUT2D eigenvalue weighted by molar-refractivity contribution is 5.83. The predicted molar refractivity (Wildman–Crippen MR) is 86.8 cm³/mol. The Kier molecular flexibility index (Phi) is 5.95. The van der Waals surface area contributed by atoms with Crippen LogP contribution in [0.4, 0.5) is 9.18 Å². The third-order valence-electron chi connectivity index (χ3n) is 3.52. The molecule has 0 aliphatic rings. The first kappa shape index (κ1) is 17.5. The molecule has 0 fully saturated rings. The molecule has 2 amide bonds. The van der Waals surface area contributed by atoms with Crippen LogP contribution in [-0.2, 0) is 22.6 Å². The summed E-state index contributed by atoms with van der Waals surface area (Å²) in [5.41, 5.74) is 1.85. The van der Waals surface area contributed by atoms with Crippen LogP contribution in [0.2, 0.25) is 0 Å². The number of esters is 1. The Morgan fingerprint density at radius 1 is 1.25 bits per heavy atom. The van der Waals surface area contributed by atoms with E-state index in [1.165, 1.54) is 19.2 Å². The zero-order valence-electron chi connectivity index (χ0n) is 13.6. The third kappa shape index (κ3) is 4.84. The molecule has 2 rings (SSSR count). The summed E-state index contributed by atoms with van der Waals surface area (Å²) in [6, 6.07) is 8.84. The fraction of sp³-hybridized carbons (Fsp3) is 0.294. The number of ether oxygens (including phenoxy) is 1. The maximum absolute atomic E-state index is 12.9. The molecule has 1 aromatic heterocycles. The molecule has 0 aliphatic carbocycles. The third-order valence-corrected chi connectivity index (χ3v) is 3.52. The summed E-state index contributed by atoms with van der Waals surface area (Å²) in [5, 5.41) is 5.18. The number of amides is 2. The van der Waals surface area contributed by atoms with Crippen LogP contribution in [-0.4, -0.2) is 29.7 Å². The van der Waals surface area contributed by atoms with E-state index in [0.29, 0.717) is 13.1 Å². The van der Waals surface area contributed by atoms with E-state index in [4.69, 9.17) is 0 Å². The second-order valence-corrected chi connectivity index (χ2v) is 5.33. The lowest BCUT2D eigenvalue weighted by Gasteiger charge is -2.14. The first-order chi connectivity index (χ1) is 11.5. The van der Waals surface area contributed by atoms with Gasteiger partial charge in [-0.15, -0.1) is 0 Å². The normalized spacial score (nSPS) is 11.6. The van der Waals surface area contributed by atoms with Crippen LogP contribution in [0.5, 0.6) is 0 Å². The van der Waals surface area contributed by atoms with E-state index in [1.807, 2.05) is 22.9 Å². The molecule has 6 nitrogen and oxygen atoms in total. The SMILES string of the molecule is COC(=O)[C@H](C)NC(=O)NCc1cccn1Cc1ccc(F)cc1. The zero-order valence-corrected chi connectivity index (χ0v) is 13.6. The number of methoxy groups -OCH3 is 1. The van der Waals surface area contributed by atoms with Gasteiger partial charge in [-0.1, -0.05) is 12.1 Å². The van der Waals surface area contributed by atoms with E-state index >= 15 is 0 Å². The van der Waals surface area contributed by atoms with E-state index in [2.05, 4.69) is 15.4 Å². The molecule has 7 heteroatoms. The van der Waals surface area contributed by atoms with Gasteiger partial charge in [0, 0.05) is 18.4 Å². The van der Waals surface area contributed by atoms with Gasteiger partial charge in [0.2, 0.25) is 0 Å². The van der Waals surface area contributed by atoms with Gasteiger partial charge in [0.15, 0.2) is 0 Å². The van der Waals surface area contributed by atoms with Crippen molar-refractivity contribution in [2.75, 3.05) is 7.11 Å². The van der Waals surface area contributed by atoms with Crippen molar-refractivity contribution in [3.63, 3.8) is 0 Å². The van der Waals surface area contributed by atoms with Gasteiger partial charge in [-0.2, -0.15) is 0 Å².